The summed E-state index contributed by atoms with van der Waals surface area (Å²) in [6, 6.07) is 9.01. The third kappa shape index (κ3) is 6.91. The molecule has 0 aliphatic carbocycles. The zero-order valence-electron chi connectivity index (χ0n) is 19.5. The van der Waals surface area contributed by atoms with E-state index in [9.17, 15) is 13.9 Å². The molecule has 4 rings (SSSR count). The lowest BCUT2D eigenvalue weighted by Crippen LogP contribution is -2.48. The van der Waals surface area contributed by atoms with E-state index in [1.54, 1.807) is 19.6 Å². The highest BCUT2D eigenvalue weighted by Crippen LogP contribution is 2.29. The van der Waals surface area contributed by atoms with E-state index in [-0.39, 0.29) is 25.5 Å². The monoisotopic (exact) mass is 489 g/mol. The van der Waals surface area contributed by atoms with E-state index >= 15 is 0 Å². The molecule has 0 radical (unpaired) electrons. The van der Waals surface area contributed by atoms with Gasteiger partial charge in [0.15, 0.2) is 23.1 Å². The minimum absolute atomic E-state index is 0.0696. The quantitative estimate of drug-likeness (QED) is 0.469. The maximum atomic E-state index is 13.5. The van der Waals surface area contributed by atoms with E-state index in [0.29, 0.717) is 44.3 Å². The number of hydrogen-bond donors (Lipinski definition) is 1. The van der Waals surface area contributed by atoms with Gasteiger partial charge < -0.3 is 28.6 Å². The van der Waals surface area contributed by atoms with Crippen molar-refractivity contribution < 1.29 is 32.8 Å². The number of nitrogens with zero attached hydrogens (tertiary/aromatic N) is 3. The van der Waals surface area contributed by atoms with Gasteiger partial charge in [0.25, 0.3) is 0 Å². The van der Waals surface area contributed by atoms with Gasteiger partial charge in [-0.2, -0.15) is 0 Å². The number of aliphatic hydroxyl groups is 1. The van der Waals surface area contributed by atoms with Gasteiger partial charge in [0.05, 0.1) is 33.2 Å². The molecule has 1 atom stereocenters. The van der Waals surface area contributed by atoms with Crippen molar-refractivity contribution in [2.24, 2.45) is 0 Å². The smallest absolute Gasteiger partial charge is 0.162 e. The second-order valence-corrected chi connectivity index (χ2v) is 8.49. The fourth-order valence-electron chi connectivity index (χ4n) is 3.87. The van der Waals surface area contributed by atoms with Gasteiger partial charge in [-0.3, -0.25) is 4.90 Å². The minimum atomic E-state index is -1.32. The second kappa shape index (κ2) is 11.5. The van der Waals surface area contributed by atoms with Crippen molar-refractivity contribution in [3.8, 4) is 17.2 Å². The maximum Gasteiger partial charge on any atom is 0.162 e. The lowest BCUT2D eigenvalue weighted by Gasteiger charge is -2.30. The van der Waals surface area contributed by atoms with Gasteiger partial charge in [0.2, 0.25) is 0 Å². The number of hydrogen-bond acceptors (Lipinski definition) is 7. The van der Waals surface area contributed by atoms with Crippen molar-refractivity contribution in [1.82, 2.24) is 14.5 Å². The first-order valence-corrected chi connectivity index (χ1v) is 11.3. The molecule has 1 aliphatic rings. The standard InChI is InChI=1S/C25H29F2N3O5/c1-32-24-12-19(2-5-23(24)34-11-9-29-7-6-28-18-29)14-30-8-10-33-16-25(31,15-30)17-35-20-3-4-21(26)22(27)13-20/h2-7,12-13,18,31H,8-11,14-17H2,1H3. The lowest BCUT2D eigenvalue weighted by atomic mass is 10.1. The summed E-state index contributed by atoms with van der Waals surface area (Å²) < 4.78 is 51.1. The van der Waals surface area contributed by atoms with Crippen molar-refractivity contribution in [2.45, 2.75) is 18.7 Å². The highest BCUT2D eigenvalue weighted by atomic mass is 19.2. The summed E-state index contributed by atoms with van der Waals surface area (Å²) in [5.74, 6) is -0.550. The van der Waals surface area contributed by atoms with Crippen molar-refractivity contribution in [3.63, 3.8) is 0 Å². The van der Waals surface area contributed by atoms with Crippen LogP contribution in [0.1, 0.15) is 5.56 Å². The van der Waals surface area contributed by atoms with Crippen LogP contribution in [0.5, 0.6) is 17.2 Å². The normalized spacial score (nSPS) is 18.7. The van der Waals surface area contributed by atoms with E-state index in [0.717, 1.165) is 17.7 Å². The molecule has 3 aromatic rings. The molecule has 2 aromatic carbocycles. The number of methoxy groups -OCH3 is 1. The fraction of sp³-hybridized carbons (Fsp3) is 0.400. The molecular formula is C25H29F2N3O5. The molecule has 8 nitrogen and oxygen atoms in total. The van der Waals surface area contributed by atoms with Crippen LogP contribution < -0.4 is 14.2 Å². The molecule has 0 amide bonds. The van der Waals surface area contributed by atoms with E-state index in [1.165, 1.54) is 6.07 Å². The molecule has 2 heterocycles. The van der Waals surface area contributed by atoms with Crippen LogP contribution in [0, 0.1) is 11.6 Å². The van der Waals surface area contributed by atoms with Crippen molar-refractivity contribution in [2.75, 3.05) is 46.6 Å². The molecule has 188 valence electrons. The summed E-state index contributed by atoms with van der Waals surface area (Å²) in [7, 11) is 1.59. The summed E-state index contributed by atoms with van der Waals surface area (Å²) in [5.41, 5.74) is -0.337. The Kier molecular flexibility index (Phi) is 8.17. The number of aromatic nitrogens is 2. The zero-order valence-corrected chi connectivity index (χ0v) is 19.5. The molecule has 1 aliphatic heterocycles. The first-order chi connectivity index (χ1) is 16.9. The van der Waals surface area contributed by atoms with Gasteiger partial charge >= 0.3 is 0 Å². The van der Waals surface area contributed by atoms with Crippen LogP contribution in [0.15, 0.2) is 55.1 Å². The molecule has 1 N–H and O–H groups in total. The number of rotatable bonds is 10. The van der Waals surface area contributed by atoms with Gasteiger partial charge in [-0.15, -0.1) is 0 Å². The van der Waals surface area contributed by atoms with E-state index in [1.807, 2.05) is 29.0 Å². The zero-order chi connectivity index (χ0) is 24.7. The van der Waals surface area contributed by atoms with Gasteiger partial charge in [-0.1, -0.05) is 6.07 Å². The predicted octanol–water partition coefficient (Wildman–Crippen LogP) is 2.89. The van der Waals surface area contributed by atoms with E-state index in [2.05, 4.69) is 9.88 Å². The fourth-order valence-corrected chi connectivity index (χ4v) is 3.87. The first kappa shape index (κ1) is 24.9. The SMILES string of the molecule is COc1cc(CN2CCOCC(O)(COc3ccc(F)c(F)c3)C2)ccc1OCCn1ccnc1. The van der Waals surface area contributed by atoms with Gasteiger partial charge in [0.1, 0.15) is 24.6 Å². The van der Waals surface area contributed by atoms with E-state index < -0.39 is 17.2 Å². The molecule has 1 unspecified atom stereocenters. The lowest BCUT2D eigenvalue weighted by molar-refractivity contribution is -0.0647. The molecule has 35 heavy (non-hydrogen) atoms. The molecule has 0 saturated carbocycles. The van der Waals surface area contributed by atoms with E-state index in [4.69, 9.17) is 18.9 Å². The number of β-amino-alcohol motifs (C(OH)–C–C–N with tert-alkyl or cyclic N) is 1. The molecule has 10 heteroatoms. The molecule has 1 saturated heterocycles. The summed E-state index contributed by atoms with van der Waals surface area (Å²) in [6.07, 6.45) is 5.33. The largest absolute Gasteiger partial charge is 0.493 e. The highest BCUT2D eigenvalue weighted by Gasteiger charge is 2.33. The second-order valence-electron chi connectivity index (χ2n) is 8.49. The third-order valence-electron chi connectivity index (χ3n) is 5.64. The Morgan fingerprint density at radius 1 is 1.11 bits per heavy atom. The summed E-state index contributed by atoms with van der Waals surface area (Å²) in [5, 5.41) is 11.1. The van der Waals surface area contributed by atoms with Crippen LogP contribution in [0.4, 0.5) is 8.78 Å². The van der Waals surface area contributed by atoms with Crippen LogP contribution in [0.3, 0.4) is 0 Å². The van der Waals surface area contributed by atoms with Crippen LogP contribution in [0.25, 0.3) is 0 Å². The summed E-state index contributed by atoms with van der Waals surface area (Å²) >= 11 is 0. The number of ether oxygens (including phenoxy) is 4. The van der Waals surface area contributed by atoms with Gasteiger partial charge in [-0.25, -0.2) is 13.8 Å². The Bertz CT molecular complexity index is 1100. The number of halogens is 2. The highest BCUT2D eigenvalue weighted by molar-refractivity contribution is 5.43. The first-order valence-electron chi connectivity index (χ1n) is 11.3. The average Bonchev–Trinajstić information content (AvgIpc) is 3.30. The van der Waals surface area contributed by atoms with Gasteiger partial charge in [-0.05, 0) is 29.8 Å². The van der Waals surface area contributed by atoms with Crippen LogP contribution in [0.2, 0.25) is 0 Å². The maximum absolute atomic E-state index is 13.5. The third-order valence-corrected chi connectivity index (χ3v) is 5.64. The Balaban J connectivity index is 1.35. The van der Waals surface area contributed by atoms with Crippen LogP contribution in [-0.2, 0) is 17.8 Å². The number of imidazole rings is 1. The van der Waals surface area contributed by atoms with Crippen LogP contribution >= 0.6 is 0 Å². The Hall–Kier alpha value is -3.21. The molecular weight excluding hydrogens is 460 g/mol. The average molecular weight is 490 g/mol. The topological polar surface area (TPSA) is 78.2 Å². The van der Waals surface area contributed by atoms with Crippen molar-refractivity contribution >= 4 is 0 Å². The minimum Gasteiger partial charge on any atom is -0.493 e. The Labute approximate surface area is 202 Å². The number of benzene rings is 2. The Morgan fingerprint density at radius 2 is 2.00 bits per heavy atom. The van der Waals surface area contributed by atoms with Gasteiger partial charge in [0, 0.05) is 38.1 Å². The predicted molar refractivity (Wildman–Crippen MR) is 124 cm³/mol. The summed E-state index contributed by atoms with van der Waals surface area (Å²) in [4.78, 5) is 6.07. The van der Waals surface area contributed by atoms with Crippen molar-refractivity contribution in [3.05, 3.63) is 72.3 Å². The van der Waals surface area contributed by atoms with Crippen LogP contribution in [-0.4, -0.2) is 71.8 Å². The molecule has 1 aromatic heterocycles. The molecule has 0 spiro atoms. The molecule has 1 fully saturated rings. The summed E-state index contributed by atoms with van der Waals surface area (Å²) in [6.45, 7) is 2.97. The molecule has 0 bridgehead atoms. The Morgan fingerprint density at radius 3 is 2.77 bits per heavy atom. The van der Waals surface area contributed by atoms with Crippen molar-refractivity contribution in [1.29, 1.82) is 0 Å².